The van der Waals surface area contributed by atoms with Gasteiger partial charge in [0, 0.05) is 16.3 Å². The summed E-state index contributed by atoms with van der Waals surface area (Å²) in [6, 6.07) is 4.59. The van der Waals surface area contributed by atoms with E-state index in [0.29, 0.717) is 0 Å². The van der Waals surface area contributed by atoms with Crippen molar-refractivity contribution in [2.24, 2.45) is 0 Å². The fourth-order valence-corrected chi connectivity index (χ4v) is 3.09. The maximum Gasteiger partial charge on any atom is 0.0858 e. The number of aromatic nitrogens is 3. The molecule has 0 bridgehead atoms. The van der Waals surface area contributed by atoms with Crippen molar-refractivity contribution in [1.82, 2.24) is 20.3 Å². The third-order valence-electron chi connectivity index (χ3n) is 3.02. The average Bonchev–Trinajstić information content (AvgIpc) is 3.01. The molecule has 0 radical (unpaired) electrons. The summed E-state index contributed by atoms with van der Waals surface area (Å²) in [6.07, 6.45) is 4.08. The number of hydrogen-bond donors (Lipinski definition) is 1. The Bertz CT molecular complexity index is 503. The highest BCUT2D eigenvalue weighted by Gasteiger charge is 2.19. The minimum absolute atomic E-state index is 0.209. The Hall–Kier alpha value is -1.20. The van der Waals surface area contributed by atoms with Gasteiger partial charge in [0.05, 0.1) is 17.9 Å². The van der Waals surface area contributed by atoms with Crippen molar-refractivity contribution < 1.29 is 0 Å². The molecule has 1 unspecified atom stereocenters. The van der Waals surface area contributed by atoms with Gasteiger partial charge in [-0.15, -0.1) is 16.4 Å². The largest absolute Gasteiger partial charge is 0.304 e. The Morgan fingerprint density at radius 1 is 1.32 bits per heavy atom. The molecule has 2 rings (SSSR count). The molecule has 5 heteroatoms. The highest BCUT2D eigenvalue weighted by molar-refractivity contribution is 7.12. The standard InChI is InChI=1S/C14H22N4S/c1-4-8-15-14(13-7-6-11(3)19-13)12-10-16-17-18(12)9-5-2/h6-7,10,14-15H,4-5,8-9H2,1-3H3. The number of thiophene rings is 1. The molecule has 19 heavy (non-hydrogen) atoms. The molecule has 0 amide bonds. The van der Waals surface area contributed by atoms with E-state index in [0.717, 1.165) is 31.6 Å². The number of rotatable bonds is 7. The maximum absolute atomic E-state index is 4.20. The van der Waals surface area contributed by atoms with E-state index in [1.165, 1.54) is 9.75 Å². The summed E-state index contributed by atoms with van der Waals surface area (Å²) in [5.41, 5.74) is 1.16. The molecular weight excluding hydrogens is 256 g/mol. The highest BCUT2D eigenvalue weighted by atomic mass is 32.1. The zero-order valence-electron chi connectivity index (χ0n) is 11.9. The molecule has 0 aliphatic heterocycles. The van der Waals surface area contributed by atoms with Crippen LogP contribution >= 0.6 is 11.3 Å². The van der Waals surface area contributed by atoms with E-state index in [9.17, 15) is 0 Å². The Labute approximate surface area is 118 Å². The van der Waals surface area contributed by atoms with Crippen LogP contribution < -0.4 is 5.32 Å². The SMILES string of the molecule is CCCNC(c1ccc(C)s1)c1cnnn1CCC. The van der Waals surface area contributed by atoms with Gasteiger partial charge in [-0.1, -0.05) is 19.1 Å². The predicted molar refractivity (Wildman–Crippen MR) is 79.5 cm³/mol. The lowest BCUT2D eigenvalue weighted by molar-refractivity contribution is 0.507. The number of nitrogens with zero attached hydrogens (tertiary/aromatic N) is 3. The fraction of sp³-hybridized carbons (Fsp3) is 0.571. The van der Waals surface area contributed by atoms with Crippen molar-refractivity contribution in [3.63, 3.8) is 0 Å². The lowest BCUT2D eigenvalue weighted by atomic mass is 10.1. The van der Waals surface area contributed by atoms with Gasteiger partial charge in [-0.25, -0.2) is 4.68 Å². The summed E-state index contributed by atoms with van der Waals surface area (Å²) in [5, 5.41) is 11.9. The van der Waals surface area contributed by atoms with Gasteiger partial charge in [0.2, 0.25) is 0 Å². The third-order valence-corrected chi connectivity index (χ3v) is 4.09. The number of aryl methyl sites for hydroxylation is 2. The molecule has 104 valence electrons. The van der Waals surface area contributed by atoms with Crippen molar-refractivity contribution >= 4 is 11.3 Å². The molecule has 0 aromatic carbocycles. The number of hydrogen-bond acceptors (Lipinski definition) is 4. The van der Waals surface area contributed by atoms with Gasteiger partial charge >= 0.3 is 0 Å². The van der Waals surface area contributed by atoms with E-state index >= 15 is 0 Å². The second-order valence-corrected chi connectivity index (χ2v) is 6.04. The first kappa shape index (κ1) is 14.2. The van der Waals surface area contributed by atoms with Crippen LogP contribution in [0, 0.1) is 6.92 Å². The van der Waals surface area contributed by atoms with Crippen molar-refractivity contribution in [1.29, 1.82) is 0 Å². The highest BCUT2D eigenvalue weighted by Crippen LogP contribution is 2.28. The van der Waals surface area contributed by atoms with Gasteiger partial charge in [-0.05, 0) is 38.4 Å². The smallest absolute Gasteiger partial charge is 0.0858 e. The molecule has 4 nitrogen and oxygen atoms in total. The van der Waals surface area contributed by atoms with Crippen molar-refractivity contribution in [3.05, 3.63) is 33.8 Å². The van der Waals surface area contributed by atoms with Crippen LogP contribution in [0.25, 0.3) is 0 Å². The van der Waals surface area contributed by atoms with Crippen LogP contribution in [0.3, 0.4) is 0 Å². The molecule has 0 fully saturated rings. The molecule has 0 spiro atoms. The first-order valence-corrected chi connectivity index (χ1v) is 7.76. The van der Waals surface area contributed by atoms with E-state index in [1.807, 2.05) is 22.2 Å². The van der Waals surface area contributed by atoms with Crippen LogP contribution in [0.15, 0.2) is 18.3 Å². The lowest BCUT2D eigenvalue weighted by Crippen LogP contribution is -2.25. The fourth-order valence-electron chi connectivity index (χ4n) is 2.12. The van der Waals surface area contributed by atoms with Crippen LogP contribution in [0.4, 0.5) is 0 Å². The monoisotopic (exact) mass is 278 g/mol. The van der Waals surface area contributed by atoms with E-state index in [1.54, 1.807) is 0 Å². The van der Waals surface area contributed by atoms with Crippen LogP contribution in [-0.2, 0) is 6.54 Å². The molecule has 1 atom stereocenters. The quantitative estimate of drug-likeness (QED) is 0.846. The molecule has 2 heterocycles. The molecule has 2 aromatic heterocycles. The first-order chi connectivity index (χ1) is 9.26. The first-order valence-electron chi connectivity index (χ1n) is 6.94. The predicted octanol–water partition coefficient (Wildman–Crippen LogP) is 3.15. The summed E-state index contributed by atoms with van der Waals surface area (Å²) in [7, 11) is 0. The second kappa shape index (κ2) is 6.82. The van der Waals surface area contributed by atoms with Crippen molar-refractivity contribution in [2.45, 2.75) is 46.2 Å². The van der Waals surface area contributed by atoms with Crippen LogP contribution in [-0.4, -0.2) is 21.5 Å². The third kappa shape index (κ3) is 3.42. The van der Waals surface area contributed by atoms with Crippen LogP contribution in [0.1, 0.15) is 48.2 Å². The minimum Gasteiger partial charge on any atom is -0.304 e. The summed E-state index contributed by atoms with van der Waals surface area (Å²) in [5.74, 6) is 0. The van der Waals surface area contributed by atoms with Gasteiger partial charge in [-0.3, -0.25) is 0 Å². The van der Waals surface area contributed by atoms with Gasteiger partial charge in [0.15, 0.2) is 0 Å². The summed E-state index contributed by atoms with van der Waals surface area (Å²) < 4.78 is 2.02. The molecule has 0 saturated carbocycles. The molecule has 1 N–H and O–H groups in total. The lowest BCUT2D eigenvalue weighted by Gasteiger charge is -2.18. The topological polar surface area (TPSA) is 42.7 Å². The zero-order valence-corrected chi connectivity index (χ0v) is 12.7. The average molecular weight is 278 g/mol. The Kier molecular flexibility index (Phi) is 5.10. The van der Waals surface area contributed by atoms with E-state index in [2.05, 4.69) is 48.5 Å². The Balaban J connectivity index is 2.28. The van der Waals surface area contributed by atoms with Gasteiger partial charge in [0.25, 0.3) is 0 Å². The van der Waals surface area contributed by atoms with Crippen LogP contribution in [0.2, 0.25) is 0 Å². The normalized spacial score (nSPS) is 12.8. The van der Waals surface area contributed by atoms with Crippen molar-refractivity contribution in [2.75, 3.05) is 6.54 Å². The van der Waals surface area contributed by atoms with Gasteiger partial charge in [-0.2, -0.15) is 0 Å². The van der Waals surface area contributed by atoms with E-state index in [-0.39, 0.29) is 6.04 Å². The summed E-state index contributed by atoms with van der Waals surface area (Å²) in [6.45, 7) is 8.41. The van der Waals surface area contributed by atoms with Crippen LogP contribution in [0.5, 0.6) is 0 Å². The molecule has 2 aromatic rings. The zero-order chi connectivity index (χ0) is 13.7. The molecule has 0 saturated heterocycles. The van der Waals surface area contributed by atoms with Gasteiger partial charge < -0.3 is 5.32 Å². The Morgan fingerprint density at radius 3 is 2.79 bits per heavy atom. The summed E-state index contributed by atoms with van der Waals surface area (Å²) in [4.78, 5) is 2.68. The molecule has 0 aliphatic carbocycles. The van der Waals surface area contributed by atoms with E-state index < -0.39 is 0 Å². The maximum atomic E-state index is 4.20. The summed E-state index contributed by atoms with van der Waals surface area (Å²) >= 11 is 1.84. The minimum atomic E-state index is 0.209. The van der Waals surface area contributed by atoms with Crippen molar-refractivity contribution in [3.8, 4) is 0 Å². The number of nitrogens with one attached hydrogen (secondary N) is 1. The van der Waals surface area contributed by atoms with Gasteiger partial charge in [0.1, 0.15) is 0 Å². The Morgan fingerprint density at radius 2 is 2.16 bits per heavy atom. The molecular formula is C14H22N4S. The van der Waals surface area contributed by atoms with E-state index in [4.69, 9.17) is 0 Å². The second-order valence-electron chi connectivity index (χ2n) is 4.72. The molecule has 0 aliphatic rings.